The number of fused-ring (bicyclic) bond motifs is 1. The van der Waals surface area contributed by atoms with Gasteiger partial charge in [0.2, 0.25) is 0 Å². The van der Waals surface area contributed by atoms with E-state index in [4.69, 9.17) is 0 Å². The van der Waals surface area contributed by atoms with Crippen LogP contribution in [-0.4, -0.2) is 25.3 Å². The molecule has 3 rings (SSSR count). The minimum atomic E-state index is -4.50. The molecular weight excluding hydrogens is 349 g/mol. The Balaban J connectivity index is 2.19. The van der Waals surface area contributed by atoms with Crippen molar-refractivity contribution in [3.8, 4) is 11.5 Å². The first kappa shape index (κ1) is 17.5. The molecule has 0 amide bonds. The number of halogens is 3. The van der Waals surface area contributed by atoms with Gasteiger partial charge in [0.25, 0.3) is 0 Å². The molecule has 0 saturated carbocycles. The molecule has 8 heteroatoms. The monoisotopic (exact) mass is 364 g/mol. The van der Waals surface area contributed by atoms with Gasteiger partial charge in [0.05, 0.1) is 17.2 Å². The highest BCUT2D eigenvalue weighted by Gasteiger charge is 2.33. The highest BCUT2D eigenvalue weighted by Crippen LogP contribution is 2.33. The third kappa shape index (κ3) is 3.26. The Bertz CT molecular complexity index is 947. The van der Waals surface area contributed by atoms with Crippen LogP contribution in [0, 0.1) is 0 Å². The van der Waals surface area contributed by atoms with E-state index >= 15 is 0 Å². The van der Waals surface area contributed by atoms with Crippen LogP contribution in [0.1, 0.15) is 18.2 Å². The Morgan fingerprint density at radius 2 is 2.00 bits per heavy atom. The summed E-state index contributed by atoms with van der Waals surface area (Å²) in [6, 6.07) is 2.91. The van der Waals surface area contributed by atoms with E-state index in [0.717, 1.165) is 22.3 Å². The first-order chi connectivity index (χ1) is 11.8. The summed E-state index contributed by atoms with van der Waals surface area (Å²) in [6.45, 7) is 5.75. The highest BCUT2D eigenvalue weighted by molar-refractivity contribution is 7.99. The summed E-state index contributed by atoms with van der Waals surface area (Å²) in [5, 5.41) is 0. The molecule has 4 nitrogen and oxygen atoms in total. The molecule has 0 aliphatic heterocycles. The maximum atomic E-state index is 12.9. The largest absolute Gasteiger partial charge is 0.433 e. The van der Waals surface area contributed by atoms with Crippen molar-refractivity contribution in [1.29, 1.82) is 0 Å². The molecule has 0 bridgehead atoms. The van der Waals surface area contributed by atoms with Gasteiger partial charge in [-0.1, -0.05) is 19.6 Å². The molecule has 0 aromatic carbocycles. The minimum Gasteiger partial charge on any atom is -0.325 e. The summed E-state index contributed by atoms with van der Waals surface area (Å²) < 4.78 is 40.3. The number of pyridine rings is 2. The molecule has 0 aliphatic carbocycles. The van der Waals surface area contributed by atoms with Crippen molar-refractivity contribution in [2.24, 2.45) is 7.05 Å². The number of nitrogens with zero attached hydrogens (tertiary/aromatic N) is 4. The zero-order valence-corrected chi connectivity index (χ0v) is 14.4. The number of rotatable bonds is 4. The number of hydrogen-bond acceptors (Lipinski definition) is 4. The van der Waals surface area contributed by atoms with E-state index in [1.807, 2.05) is 13.0 Å². The lowest BCUT2D eigenvalue weighted by molar-refractivity contribution is -0.141. The lowest BCUT2D eigenvalue weighted by Crippen LogP contribution is -2.07. The molecule has 0 N–H and O–H groups in total. The molecule has 0 aliphatic rings. The summed E-state index contributed by atoms with van der Waals surface area (Å²) in [7, 11) is 1.74. The van der Waals surface area contributed by atoms with E-state index < -0.39 is 11.9 Å². The summed E-state index contributed by atoms with van der Waals surface area (Å²) in [6.07, 6.45) is 0.0596. The van der Waals surface area contributed by atoms with Gasteiger partial charge < -0.3 is 4.57 Å². The van der Waals surface area contributed by atoms with Crippen LogP contribution in [-0.2, 0) is 13.2 Å². The van der Waals surface area contributed by atoms with Crippen molar-refractivity contribution in [1.82, 2.24) is 19.5 Å². The fourth-order valence-electron chi connectivity index (χ4n) is 2.46. The molecule has 0 atom stereocenters. The van der Waals surface area contributed by atoms with Gasteiger partial charge in [0.15, 0.2) is 5.82 Å². The van der Waals surface area contributed by atoms with Gasteiger partial charge in [-0.05, 0) is 23.4 Å². The zero-order valence-electron chi connectivity index (χ0n) is 13.6. The summed E-state index contributed by atoms with van der Waals surface area (Å²) in [5.41, 5.74) is 1.30. The second-order valence-corrected chi connectivity index (χ2v) is 6.61. The average Bonchev–Trinajstić information content (AvgIpc) is 2.90. The second kappa shape index (κ2) is 6.51. The lowest BCUT2D eigenvalue weighted by Gasteiger charge is -2.08. The standard InChI is InChI=1S/C17H15F3N4S/c1-4-10-6-13(25-5-2)15(22-8-10)16-23-11-7-14(17(18,19)20)21-9-12(11)24(16)3/h4,6-9H,1,5H2,2-3H3. The highest BCUT2D eigenvalue weighted by atomic mass is 32.2. The first-order valence-electron chi connectivity index (χ1n) is 7.50. The Morgan fingerprint density at radius 1 is 1.24 bits per heavy atom. The van der Waals surface area contributed by atoms with Crippen molar-refractivity contribution in [3.63, 3.8) is 0 Å². The van der Waals surface area contributed by atoms with E-state index in [9.17, 15) is 13.2 Å². The van der Waals surface area contributed by atoms with Crippen molar-refractivity contribution in [2.75, 3.05) is 5.75 Å². The smallest absolute Gasteiger partial charge is 0.325 e. The van der Waals surface area contributed by atoms with Gasteiger partial charge in [-0.15, -0.1) is 11.8 Å². The third-order valence-corrected chi connectivity index (χ3v) is 4.59. The van der Waals surface area contributed by atoms with Crippen LogP contribution >= 0.6 is 11.8 Å². The molecule has 3 aromatic heterocycles. The molecule has 130 valence electrons. The van der Waals surface area contributed by atoms with Crippen molar-refractivity contribution in [2.45, 2.75) is 18.0 Å². The van der Waals surface area contributed by atoms with E-state index in [1.165, 1.54) is 6.20 Å². The number of imidazole rings is 1. The molecule has 0 unspecified atom stereocenters. The van der Waals surface area contributed by atoms with Crippen LogP contribution in [0.4, 0.5) is 13.2 Å². The van der Waals surface area contributed by atoms with Gasteiger partial charge in [-0.25, -0.2) is 9.97 Å². The quantitative estimate of drug-likeness (QED) is 0.624. The third-order valence-electron chi connectivity index (χ3n) is 3.68. The zero-order chi connectivity index (χ0) is 18.2. The van der Waals surface area contributed by atoms with Crippen molar-refractivity contribution >= 4 is 28.9 Å². The normalized spacial score (nSPS) is 11.9. The van der Waals surface area contributed by atoms with Crippen LogP contribution in [0.2, 0.25) is 0 Å². The van der Waals surface area contributed by atoms with Gasteiger partial charge >= 0.3 is 6.18 Å². The number of aryl methyl sites for hydroxylation is 1. The Hall–Kier alpha value is -2.35. The van der Waals surface area contributed by atoms with Gasteiger partial charge in [0.1, 0.15) is 11.4 Å². The predicted octanol–water partition coefficient (Wildman–Crippen LogP) is 4.80. The Morgan fingerprint density at radius 3 is 2.64 bits per heavy atom. The summed E-state index contributed by atoms with van der Waals surface area (Å²) in [4.78, 5) is 13.2. The van der Waals surface area contributed by atoms with Gasteiger partial charge in [0, 0.05) is 18.1 Å². The molecule has 0 radical (unpaired) electrons. The van der Waals surface area contributed by atoms with E-state index in [0.29, 0.717) is 17.0 Å². The fourth-order valence-corrected chi connectivity index (χ4v) is 3.27. The predicted molar refractivity (Wildman–Crippen MR) is 93.2 cm³/mol. The average molecular weight is 364 g/mol. The molecule has 3 aromatic rings. The van der Waals surface area contributed by atoms with Crippen molar-refractivity contribution in [3.05, 3.63) is 42.4 Å². The number of thioether (sulfide) groups is 1. The number of alkyl halides is 3. The molecule has 3 heterocycles. The maximum absolute atomic E-state index is 12.9. The topological polar surface area (TPSA) is 43.6 Å². The Kier molecular flexibility index (Phi) is 4.55. The molecule has 0 saturated heterocycles. The molecular formula is C17H15F3N4S. The van der Waals surface area contributed by atoms with Crippen LogP contribution < -0.4 is 0 Å². The molecule has 0 fully saturated rings. The van der Waals surface area contributed by atoms with E-state index in [-0.39, 0.29) is 5.52 Å². The minimum absolute atomic E-state index is 0.238. The second-order valence-electron chi connectivity index (χ2n) is 5.30. The van der Waals surface area contributed by atoms with Crippen molar-refractivity contribution < 1.29 is 13.2 Å². The number of hydrogen-bond donors (Lipinski definition) is 0. The molecule has 0 spiro atoms. The maximum Gasteiger partial charge on any atom is 0.433 e. The van der Waals surface area contributed by atoms with E-state index in [1.54, 1.807) is 35.6 Å². The van der Waals surface area contributed by atoms with Crippen LogP contribution in [0.3, 0.4) is 0 Å². The summed E-state index contributed by atoms with van der Waals surface area (Å²) >= 11 is 1.59. The lowest BCUT2D eigenvalue weighted by atomic mass is 10.2. The van der Waals surface area contributed by atoms with Crippen LogP contribution in [0.5, 0.6) is 0 Å². The van der Waals surface area contributed by atoms with Crippen LogP contribution in [0.15, 0.2) is 36.0 Å². The Labute approximate surface area is 146 Å². The van der Waals surface area contributed by atoms with E-state index in [2.05, 4.69) is 21.5 Å². The fraction of sp³-hybridized carbons (Fsp3) is 0.235. The van der Waals surface area contributed by atoms with Crippen LogP contribution in [0.25, 0.3) is 28.6 Å². The van der Waals surface area contributed by atoms with Gasteiger partial charge in [-0.3, -0.25) is 4.98 Å². The van der Waals surface area contributed by atoms with Gasteiger partial charge in [-0.2, -0.15) is 13.2 Å². The number of aromatic nitrogens is 4. The summed E-state index contributed by atoms with van der Waals surface area (Å²) in [5.74, 6) is 1.33. The molecule has 25 heavy (non-hydrogen) atoms. The first-order valence-corrected chi connectivity index (χ1v) is 8.49. The SMILES string of the molecule is C=Cc1cnc(-c2nc3cc(C(F)(F)F)ncc3n2C)c(SCC)c1.